The van der Waals surface area contributed by atoms with Crippen LogP contribution in [-0.4, -0.2) is 25.0 Å². The molecule has 2 rings (SSSR count). The molecule has 0 aliphatic rings. The van der Waals surface area contributed by atoms with Gasteiger partial charge < -0.3 is 0 Å². The fraction of sp³-hybridized carbons (Fsp3) is 0. The Bertz CT molecular complexity index is 397. The maximum absolute atomic E-state index is 10.7. The molecule has 0 amide bonds. The molecule has 0 aliphatic heterocycles. The highest BCUT2D eigenvalue weighted by Crippen LogP contribution is 1.80. The van der Waals surface area contributed by atoms with Gasteiger partial charge in [0.05, 0.1) is 24.8 Å². The molecular weight excluding hydrogens is 158 g/mol. The lowest BCUT2D eigenvalue weighted by molar-refractivity contribution is 0.478. The predicted molar refractivity (Wildman–Crippen MR) is 39.3 cm³/mol. The molecule has 0 radical (unpaired) electrons. The minimum Gasteiger partial charge on any atom is -0.288 e. The van der Waals surface area contributed by atoms with Crippen molar-refractivity contribution < 1.29 is 0 Å². The highest BCUT2D eigenvalue weighted by atomic mass is 16.1. The molecule has 2 aromatic rings. The smallest absolute Gasteiger partial charge is 0.200 e. The topological polar surface area (TPSA) is 65.6 Å². The summed E-state index contributed by atoms with van der Waals surface area (Å²) in [7, 11) is 0. The van der Waals surface area contributed by atoms with Crippen molar-refractivity contribution in [2.75, 3.05) is 0 Å². The average Bonchev–Trinajstić information content (AvgIpc) is 2.58. The van der Waals surface area contributed by atoms with E-state index in [4.69, 9.17) is 0 Å². The second kappa shape index (κ2) is 2.57. The van der Waals surface area contributed by atoms with Crippen molar-refractivity contribution >= 4 is 0 Å². The van der Waals surface area contributed by atoms with Crippen LogP contribution in [0.1, 0.15) is 0 Å². The second-order valence-electron chi connectivity index (χ2n) is 2.11. The van der Waals surface area contributed by atoms with Gasteiger partial charge in [0, 0.05) is 6.07 Å². The van der Waals surface area contributed by atoms with Gasteiger partial charge in [-0.15, -0.1) is 9.89 Å². The van der Waals surface area contributed by atoms with Gasteiger partial charge in [0.2, 0.25) is 0 Å². The first-order valence-electron chi connectivity index (χ1n) is 3.28. The Morgan fingerprint density at radius 2 is 2.17 bits per heavy atom. The van der Waals surface area contributed by atoms with E-state index in [1.807, 2.05) is 0 Å². The molecule has 0 aliphatic carbocycles. The van der Waals surface area contributed by atoms with Crippen molar-refractivity contribution in [3.8, 4) is 0 Å². The van der Waals surface area contributed by atoms with Crippen LogP contribution in [0.25, 0.3) is 0 Å². The van der Waals surface area contributed by atoms with E-state index in [1.54, 1.807) is 6.20 Å². The van der Waals surface area contributed by atoms with Gasteiger partial charge in [0.1, 0.15) is 0 Å². The third-order valence-corrected chi connectivity index (χ3v) is 1.30. The van der Waals surface area contributed by atoms with Crippen molar-refractivity contribution in [2.45, 2.75) is 0 Å². The highest BCUT2D eigenvalue weighted by Gasteiger charge is 1.91. The summed E-state index contributed by atoms with van der Waals surface area (Å²) in [5.41, 5.74) is -0.133. The van der Waals surface area contributed by atoms with Crippen molar-refractivity contribution in [2.24, 2.45) is 0 Å². The Kier molecular flexibility index (Phi) is 1.44. The largest absolute Gasteiger partial charge is 0.288 e. The van der Waals surface area contributed by atoms with Crippen LogP contribution in [0.3, 0.4) is 0 Å². The summed E-state index contributed by atoms with van der Waals surface area (Å²) < 4.78 is 0. The van der Waals surface area contributed by atoms with Gasteiger partial charge >= 0.3 is 0 Å². The van der Waals surface area contributed by atoms with Crippen molar-refractivity contribution in [1.29, 1.82) is 0 Å². The van der Waals surface area contributed by atoms with Crippen molar-refractivity contribution in [1.82, 2.24) is 25.0 Å². The van der Waals surface area contributed by atoms with Crippen LogP contribution < -0.4 is 5.43 Å². The minimum absolute atomic E-state index is 0.133. The fourth-order valence-electron chi connectivity index (χ4n) is 0.770. The number of hydrogen-bond donors (Lipinski definition) is 0. The van der Waals surface area contributed by atoms with E-state index in [1.165, 1.54) is 34.2 Å². The zero-order chi connectivity index (χ0) is 8.39. The van der Waals surface area contributed by atoms with E-state index in [2.05, 4.69) is 15.4 Å². The fourth-order valence-corrected chi connectivity index (χ4v) is 0.770. The normalized spacial score (nSPS) is 10.0. The molecular formula is C6H5N5O. The van der Waals surface area contributed by atoms with Crippen LogP contribution in [0.2, 0.25) is 0 Å². The summed E-state index contributed by atoms with van der Waals surface area (Å²) in [5.74, 6) is 0. The number of hydrogen-bond acceptors (Lipinski definition) is 4. The maximum Gasteiger partial charge on any atom is 0.200 e. The first kappa shape index (κ1) is 6.71. The molecule has 2 aromatic heterocycles. The molecule has 0 fully saturated rings. The first-order chi connectivity index (χ1) is 5.86. The van der Waals surface area contributed by atoms with Gasteiger partial charge in [-0.3, -0.25) is 4.79 Å². The first-order valence-corrected chi connectivity index (χ1v) is 3.28. The Labute approximate surface area is 67.0 Å². The van der Waals surface area contributed by atoms with Gasteiger partial charge in [-0.25, -0.2) is 0 Å². The molecule has 0 saturated carbocycles. The van der Waals surface area contributed by atoms with Crippen LogP contribution in [0.4, 0.5) is 0 Å². The second-order valence-corrected chi connectivity index (χ2v) is 2.11. The molecule has 0 bridgehead atoms. The lowest BCUT2D eigenvalue weighted by Gasteiger charge is -1.99. The van der Waals surface area contributed by atoms with Crippen LogP contribution in [0.5, 0.6) is 0 Å². The van der Waals surface area contributed by atoms with E-state index in [0.29, 0.717) is 0 Å². The van der Waals surface area contributed by atoms with Gasteiger partial charge in [0.25, 0.3) is 0 Å². The minimum atomic E-state index is -0.133. The van der Waals surface area contributed by atoms with Crippen molar-refractivity contribution in [3.63, 3.8) is 0 Å². The molecule has 12 heavy (non-hydrogen) atoms. The van der Waals surface area contributed by atoms with Gasteiger partial charge in [-0.1, -0.05) is 0 Å². The number of rotatable bonds is 1. The lowest BCUT2D eigenvalue weighted by atomic mass is 10.6. The Hall–Kier alpha value is -1.98. The Morgan fingerprint density at radius 1 is 1.25 bits per heavy atom. The summed E-state index contributed by atoms with van der Waals surface area (Å²) in [6, 6.07) is 1.40. The molecule has 2 heterocycles. The summed E-state index contributed by atoms with van der Waals surface area (Å²) >= 11 is 0. The van der Waals surface area contributed by atoms with E-state index >= 15 is 0 Å². The SMILES string of the molecule is O=c1ccn(-n2ccnn2)nc1. The molecule has 6 heteroatoms. The Balaban J connectivity index is 2.49. The van der Waals surface area contributed by atoms with Crippen LogP contribution in [0, 0.1) is 0 Å². The van der Waals surface area contributed by atoms with Crippen molar-refractivity contribution in [3.05, 3.63) is 41.1 Å². The molecule has 0 aromatic carbocycles. The number of nitrogens with zero attached hydrogens (tertiary/aromatic N) is 5. The summed E-state index contributed by atoms with van der Waals surface area (Å²) in [6.07, 6.45) is 5.87. The predicted octanol–water partition coefficient (Wildman–Crippen LogP) is -0.854. The van der Waals surface area contributed by atoms with Crippen LogP contribution in [0.15, 0.2) is 35.6 Å². The molecule has 60 valence electrons. The van der Waals surface area contributed by atoms with E-state index in [-0.39, 0.29) is 5.43 Å². The van der Waals surface area contributed by atoms with Crippen LogP contribution >= 0.6 is 0 Å². The molecule has 0 saturated heterocycles. The van der Waals surface area contributed by atoms with Gasteiger partial charge in [-0.05, 0) is 5.21 Å². The molecule has 0 unspecified atom stereocenters. The van der Waals surface area contributed by atoms with Gasteiger partial charge in [0.15, 0.2) is 5.43 Å². The number of aromatic nitrogens is 5. The van der Waals surface area contributed by atoms with Gasteiger partial charge in [-0.2, -0.15) is 9.89 Å². The summed E-state index contributed by atoms with van der Waals surface area (Å²) in [6.45, 7) is 0. The molecule has 0 atom stereocenters. The zero-order valence-electron chi connectivity index (χ0n) is 6.03. The van der Waals surface area contributed by atoms with E-state index < -0.39 is 0 Å². The monoisotopic (exact) mass is 163 g/mol. The standard InChI is InChI=1S/C6H5N5O/c12-6-1-3-10(8-5-6)11-4-2-7-9-11/h1-5H. The molecule has 6 nitrogen and oxygen atoms in total. The highest BCUT2D eigenvalue weighted by molar-refractivity contribution is 4.85. The summed E-state index contributed by atoms with van der Waals surface area (Å²) in [4.78, 5) is 13.5. The average molecular weight is 163 g/mol. The Morgan fingerprint density at radius 3 is 2.75 bits per heavy atom. The third-order valence-electron chi connectivity index (χ3n) is 1.30. The zero-order valence-corrected chi connectivity index (χ0v) is 6.03. The quantitative estimate of drug-likeness (QED) is 0.549. The van der Waals surface area contributed by atoms with Crippen LogP contribution in [-0.2, 0) is 0 Å². The van der Waals surface area contributed by atoms with E-state index in [0.717, 1.165) is 0 Å². The maximum atomic E-state index is 10.7. The molecule has 0 spiro atoms. The third kappa shape index (κ3) is 1.09. The molecule has 0 N–H and O–H groups in total. The summed E-state index contributed by atoms with van der Waals surface area (Å²) in [5, 5.41) is 11.1. The van der Waals surface area contributed by atoms with E-state index in [9.17, 15) is 4.79 Å². The lowest BCUT2D eigenvalue weighted by Crippen LogP contribution is -2.16.